The molecular formula is C19H34N2O3+2. The van der Waals surface area contributed by atoms with Crippen LogP contribution in [-0.2, 0) is 0 Å². The maximum absolute atomic E-state index is 11.2. The second-order valence-electron chi connectivity index (χ2n) is 6.99. The maximum atomic E-state index is 11.2. The second-order valence-corrected chi connectivity index (χ2v) is 6.99. The van der Waals surface area contributed by atoms with Gasteiger partial charge in [0.05, 0.1) is 12.1 Å². The van der Waals surface area contributed by atoms with Crippen LogP contribution in [0.25, 0.3) is 0 Å². The highest BCUT2D eigenvalue weighted by Gasteiger charge is 2.17. The number of hydrogen-bond acceptors (Lipinski definition) is 3. The van der Waals surface area contributed by atoms with Crippen molar-refractivity contribution in [3.8, 4) is 5.75 Å². The standard InChI is InChI=1S/C19H32N2O3/c1-14(2)21(15(3)4)11-10-20-12-18(23)13-24-19-8-6-17(7-9-19)16(5)22/h6-9,14-15,18,20,23H,10-13H2,1-5H3/p+2/t18-/m0/s1. The lowest BCUT2D eigenvalue weighted by molar-refractivity contribution is -0.952. The van der Waals surface area contributed by atoms with Gasteiger partial charge in [0.1, 0.15) is 38.1 Å². The Bertz CT molecular complexity index is 478. The molecule has 0 amide bonds. The number of nitrogens with two attached hydrogens (primary N) is 1. The van der Waals surface area contributed by atoms with Crippen molar-refractivity contribution in [1.82, 2.24) is 0 Å². The number of ether oxygens (including phenoxy) is 1. The second kappa shape index (κ2) is 10.4. The molecule has 0 bridgehead atoms. The lowest BCUT2D eigenvalue weighted by Crippen LogP contribution is -3.19. The van der Waals surface area contributed by atoms with Crippen LogP contribution in [0, 0.1) is 0 Å². The van der Waals surface area contributed by atoms with E-state index in [1.165, 1.54) is 6.92 Å². The van der Waals surface area contributed by atoms with Gasteiger partial charge in [-0.15, -0.1) is 0 Å². The summed E-state index contributed by atoms with van der Waals surface area (Å²) in [5.74, 6) is 0.712. The minimum Gasteiger partial charge on any atom is -0.491 e. The lowest BCUT2D eigenvalue weighted by Gasteiger charge is -2.26. The molecule has 1 atom stereocenters. The van der Waals surface area contributed by atoms with Crippen LogP contribution in [-0.4, -0.2) is 55.3 Å². The topological polar surface area (TPSA) is 67.6 Å². The molecule has 1 aromatic carbocycles. The molecule has 1 rings (SSSR count). The van der Waals surface area contributed by atoms with Gasteiger partial charge in [0, 0.05) is 5.56 Å². The maximum Gasteiger partial charge on any atom is 0.159 e. The molecule has 5 heteroatoms. The molecule has 0 fully saturated rings. The van der Waals surface area contributed by atoms with Crippen molar-refractivity contribution in [3.63, 3.8) is 0 Å². The molecule has 0 aliphatic carbocycles. The van der Waals surface area contributed by atoms with Crippen molar-refractivity contribution in [2.45, 2.75) is 52.8 Å². The minimum atomic E-state index is -0.501. The normalized spacial score (nSPS) is 12.9. The lowest BCUT2D eigenvalue weighted by atomic mass is 10.1. The first-order chi connectivity index (χ1) is 11.3. The van der Waals surface area contributed by atoms with E-state index in [9.17, 15) is 9.90 Å². The number of hydrogen-bond donors (Lipinski definition) is 3. The number of ketones is 1. The first kappa shape index (κ1) is 20.6. The average molecular weight is 338 g/mol. The summed E-state index contributed by atoms with van der Waals surface area (Å²) in [6, 6.07) is 8.24. The van der Waals surface area contributed by atoms with E-state index in [1.807, 2.05) is 0 Å². The highest BCUT2D eigenvalue weighted by atomic mass is 16.5. The van der Waals surface area contributed by atoms with E-state index in [-0.39, 0.29) is 12.4 Å². The van der Waals surface area contributed by atoms with Gasteiger partial charge in [0.15, 0.2) is 5.78 Å². The van der Waals surface area contributed by atoms with Crippen LogP contribution < -0.4 is 15.0 Å². The van der Waals surface area contributed by atoms with E-state index in [4.69, 9.17) is 4.74 Å². The zero-order valence-corrected chi connectivity index (χ0v) is 15.7. The molecule has 1 aromatic rings. The Morgan fingerprint density at radius 1 is 1.17 bits per heavy atom. The molecule has 0 unspecified atom stereocenters. The van der Waals surface area contributed by atoms with Crippen LogP contribution in [0.3, 0.4) is 0 Å². The van der Waals surface area contributed by atoms with Gasteiger partial charge in [-0.3, -0.25) is 4.79 Å². The van der Waals surface area contributed by atoms with Crippen LogP contribution in [0.15, 0.2) is 24.3 Å². The highest BCUT2D eigenvalue weighted by Crippen LogP contribution is 2.12. The number of carbonyl (C=O) groups excluding carboxylic acids is 1. The third-order valence-electron chi connectivity index (χ3n) is 4.26. The minimum absolute atomic E-state index is 0.0372. The van der Waals surface area contributed by atoms with Crippen LogP contribution in [0.5, 0.6) is 5.75 Å². The number of aliphatic hydroxyl groups is 1. The van der Waals surface area contributed by atoms with E-state index in [0.717, 1.165) is 13.1 Å². The highest BCUT2D eigenvalue weighted by molar-refractivity contribution is 5.94. The number of benzene rings is 1. The van der Waals surface area contributed by atoms with E-state index >= 15 is 0 Å². The van der Waals surface area contributed by atoms with Gasteiger partial charge in [-0.05, 0) is 58.9 Å². The molecular weight excluding hydrogens is 304 g/mol. The number of quaternary nitrogens is 2. The quantitative estimate of drug-likeness (QED) is 0.390. The van der Waals surface area contributed by atoms with Crippen molar-refractivity contribution in [1.29, 1.82) is 0 Å². The summed E-state index contributed by atoms with van der Waals surface area (Å²) in [7, 11) is 0. The number of aliphatic hydroxyl groups excluding tert-OH is 1. The molecule has 0 aliphatic rings. The van der Waals surface area contributed by atoms with Crippen LogP contribution in [0.1, 0.15) is 45.0 Å². The van der Waals surface area contributed by atoms with Crippen LogP contribution >= 0.6 is 0 Å². The molecule has 0 saturated heterocycles. The molecule has 4 N–H and O–H groups in total. The molecule has 0 spiro atoms. The van der Waals surface area contributed by atoms with E-state index in [0.29, 0.717) is 29.9 Å². The Balaban J connectivity index is 2.24. The van der Waals surface area contributed by atoms with Crippen molar-refractivity contribution in [2.75, 3.05) is 26.2 Å². The van der Waals surface area contributed by atoms with Gasteiger partial charge >= 0.3 is 0 Å². The molecule has 24 heavy (non-hydrogen) atoms. The average Bonchev–Trinajstić information content (AvgIpc) is 2.52. The summed E-state index contributed by atoms with van der Waals surface area (Å²) >= 11 is 0. The Morgan fingerprint density at radius 3 is 2.25 bits per heavy atom. The van der Waals surface area contributed by atoms with E-state index in [1.54, 1.807) is 29.2 Å². The van der Waals surface area contributed by atoms with Crippen molar-refractivity contribution in [2.24, 2.45) is 0 Å². The largest absolute Gasteiger partial charge is 0.491 e. The fourth-order valence-electron chi connectivity index (χ4n) is 2.87. The molecule has 136 valence electrons. The van der Waals surface area contributed by atoms with Crippen molar-refractivity contribution in [3.05, 3.63) is 29.8 Å². The van der Waals surface area contributed by atoms with Gasteiger partial charge in [-0.2, -0.15) is 0 Å². The fraction of sp³-hybridized carbons (Fsp3) is 0.632. The molecule has 0 radical (unpaired) electrons. The van der Waals surface area contributed by atoms with Gasteiger partial charge in [-0.1, -0.05) is 0 Å². The predicted molar refractivity (Wildman–Crippen MR) is 95.7 cm³/mol. The zero-order valence-electron chi connectivity index (χ0n) is 15.7. The number of nitrogens with one attached hydrogen (secondary N) is 1. The fourth-order valence-corrected chi connectivity index (χ4v) is 2.87. The Kier molecular flexibility index (Phi) is 8.97. The Labute approximate surface area is 146 Å². The number of carbonyl (C=O) groups is 1. The van der Waals surface area contributed by atoms with Gasteiger partial charge in [0.2, 0.25) is 0 Å². The van der Waals surface area contributed by atoms with Gasteiger partial charge in [-0.25, -0.2) is 0 Å². The smallest absolute Gasteiger partial charge is 0.159 e. The van der Waals surface area contributed by atoms with Gasteiger partial charge < -0.3 is 20.1 Å². The molecule has 0 heterocycles. The summed E-state index contributed by atoms with van der Waals surface area (Å²) in [5.41, 5.74) is 0.665. The Morgan fingerprint density at radius 2 is 1.75 bits per heavy atom. The number of Topliss-reactive ketones (excluding diaryl/α,β-unsaturated/α-hetero) is 1. The summed E-state index contributed by atoms with van der Waals surface area (Å²) in [4.78, 5) is 12.8. The third-order valence-corrected chi connectivity index (χ3v) is 4.26. The Hall–Kier alpha value is -1.43. The van der Waals surface area contributed by atoms with E-state index < -0.39 is 6.10 Å². The SMILES string of the molecule is CC(=O)c1ccc(OC[C@@H](O)C[NH2+]CC[NH+](C(C)C)C(C)C)cc1. The molecule has 0 aliphatic heterocycles. The van der Waals surface area contributed by atoms with Crippen molar-refractivity contribution >= 4 is 5.78 Å². The summed E-state index contributed by atoms with van der Waals surface area (Å²) in [6.45, 7) is 13.5. The summed E-state index contributed by atoms with van der Waals surface area (Å²) in [5, 5.41) is 12.2. The van der Waals surface area contributed by atoms with Crippen LogP contribution in [0.4, 0.5) is 0 Å². The van der Waals surface area contributed by atoms with Crippen LogP contribution in [0.2, 0.25) is 0 Å². The zero-order chi connectivity index (χ0) is 18.1. The monoisotopic (exact) mass is 338 g/mol. The molecule has 0 aromatic heterocycles. The predicted octanol–water partition coefficient (Wildman–Crippen LogP) is -0.106. The number of rotatable bonds is 11. The molecule has 5 nitrogen and oxygen atoms in total. The van der Waals surface area contributed by atoms with Gasteiger partial charge in [0.25, 0.3) is 0 Å². The summed E-state index contributed by atoms with van der Waals surface area (Å²) < 4.78 is 5.57. The first-order valence-electron chi connectivity index (χ1n) is 8.90. The summed E-state index contributed by atoms with van der Waals surface area (Å²) in [6.07, 6.45) is -0.501. The third kappa shape index (κ3) is 7.43. The molecule has 0 saturated carbocycles. The first-order valence-corrected chi connectivity index (χ1v) is 8.90. The van der Waals surface area contributed by atoms with E-state index in [2.05, 4.69) is 33.0 Å². The van der Waals surface area contributed by atoms with Crippen molar-refractivity contribution < 1.29 is 24.9 Å².